The minimum atomic E-state index is -0.00672. The summed E-state index contributed by atoms with van der Waals surface area (Å²) in [6, 6.07) is 14.1. The summed E-state index contributed by atoms with van der Waals surface area (Å²) in [5, 5.41) is 3.02. The van der Waals surface area contributed by atoms with Crippen molar-refractivity contribution in [3.05, 3.63) is 59.2 Å². The van der Waals surface area contributed by atoms with Gasteiger partial charge in [-0.25, -0.2) is 0 Å². The smallest absolute Gasteiger partial charge is 0.228 e. The first kappa shape index (κ1) is 19.4. The zero-order valence-electron chi connectivity index (χ0n) is 16.5. The molecular formula is C23H30N2O2. The van der Waals surface area contributed by atoms with Gasteiger partial charge in [-0.05, 0) is 61.2 Å². The van der Waals surface area contributed by atoms with Gasteiger partial charge in [0.1, 0.15) is 12.4 Å². The maximum absolute atomic E-state index is 12.5. The van der Waals surface area contributed by atoms with E-state index in [2.05, 4.69) is 42.3 Å². The molecule has 4 nitrogen and oxygen atoms in total. The summed E-state index contributed by atoms with van der Waals surface area (Å²) < 4.78 is 5.93. The Labute approximate surface area is 162 Å². The van der Waals surface area contributed by atoms with Crippen LogP contribution in [0.4, 0.5) is 5.69 Å². The molecule has 1 N–H and O–H groups in total. The fourth-order valence-corrected chi connectivity index (χ4v) is 3.64. The quantitative estimate of drug-likeness (QED) is 0.727. The highest BCUT2D eigenvalue weighted by Crippen LogP contribution is 2.25. The fraction of sp³-hybridized carbons (Fsp3) is 0.435. The predicted molar refractivity (Wildman–Crippen MR) is 111 cm³/mol. The summed E-state index contributed by atoms with van der Waals surface area (Å²) in [5.74, 6) is 0.722. The average molecular weight is 367 g/mol. The van der Waals surface area contributed by atoms with Crippen molar-refractivity contribution in [2.75, 3.05) is 31.6 Å². The molecule has 0 heterocycles. The van der Waals surface area contributed by atoms with E-state index in [0.29, 0.717) is 13.0 Å². The molecule has 0 saturated heterocycles. The number of anilines is 1. The lowest BCUT2D eigenvalue weighted by atomic mass is 10.0. The van der Waals surface area contributed by atoms with Crippen molar-refractivity contribution in [2.45, 2.75) is 39.5 Å². The van der Waals surface area contributed by atoms with E-state index in [1.807, 2.05) is 24.3 Å². The molecule has 2 aromatic carbocycles. The van der Waals surface area contributed by atoms with Crippen LogP contribution in [0.3, 0.4) is 0 Å². The van der Waals surface area contributed by atoms with E-state index in [1.165, 1.54) is 24.0 Å². The van der Waals surface area contributed by atoms with E-state index in [1.54, 1.807) is 0 Å². The molecule has 0 atom stereocenters. The maximum Gasteiger partial charge on any atom is 0.228 e. The Morgan fingerprint density at radius 2 is 1.85 bits per heavy atom. The zero-order valence-corrected chi connectivity index (χ0v) is 16.5. The van der Waals surface area contributed by atoms with E-state index in [0.717, 1.165) is 43.1 Å². The number of likely N-dealkylation sites (N-methyl/N-ethyl adjacent to an activating group) is 1. The van der Waals surface area contributed by atoms with Crippen molar-refractivity contribution in [1.82, 2.24) is 4.90 Å². The normalized spacial score (nSPS) is 12.9. The maximum atomic E-state index is 12.5. The molecule has 0 aliphatic heterocycles. The van der Waals surface area contributed by atoms with Gasteiger partial charge >= 0.3 is 0 Å². The number of hydrogen-bond acceptors (Lipinski definition) is 3. The molecule has 0 saturated carbocycles. The van der Waals surface area contributed by atoms with E-state index in [9.17, 15) is 4.79 Å². The third-order valence-corrected chi connectivity index (χ3v) is 5.25. The molecule has 27 heavy (non-hydrogen) atoms. The number of ether oxygens (including phenoxy) is 1. The molecule has 0 unspecified atom stereocenters. The number of amides is 1. The van der Waals surface area contributed by atoms with Crippen molar-refractivity contribution >= 4 is 11.6 Å². The van der Waals surface area contributed by atoms with Gasteiger partial charge in [0.2, 0.25) is 5.91 Å². The third kappa shape index (κ3) is 5.33. The van der Waals surface area contributed by atoms with Crippen LogP contribution in [-0.4, -0.2) is 37.0 Å². The Kier molecular flexibility index (Phi) is 6.88. The predicted octanol–water partition coefficient (Wildman–Crippen LogP) is 4.08. The van der Waals surface area contributed by atoms with Crippen LogP contribution in [-0.2, 0) is 24.1 Å². The van der Waals surface area contributed by atoms with Crippen LogP contribution in [0.5, 0.6) is 5.75 Å². The number of nitrogens with one attached hydrogen (secondary N) is 1. The number of para-hydroxylation sites is 2. The van der Waals surface area contributed by atoms with Crippen LogP contribution in [0.25, 0.3) is 0 Å². The average Bonchev–Trinajstić information content (AvgIpc) is 3.14. The highest BCUT2D eigenvalue weighted by molar-refractivity contribution is 5.93. The molecule has 144 valence electrons. The lowest BCUT2D eigenvalue weighted by Gasteiger charge is -2.19. The van der Waals surface area contributed by atoms with Gasteiger partial charge in [-0.15, -0.1) is 0 Å². The van der Waals surface area contributed by atoms with Crippen LogP contribution in [0.1, 0.15) is 37.0 Å². The first-order valence-electron chi connectivity index (χ1n) is 10.0. The summed E-state index contributed by atoms with van der Waals surface area (Å²) in [7, 11) is 0. The largest absolute Gasteiger partial charge is 0.490 e. The van der Waals surface area contributed by atoms with Crippen LogP contribution in [0.2, 0.25) is 0 Å². The number of hydrogen-bond donors (Lipinski definition) is 1. The van der Waals surface area contributed by atoms with Gasteiger partial charge in [-0.2, -0.15) is 0 Å². The first-order chi connectivity index (χ1) is 13.2. The Morgan fingerprint density at radius 3 is 2.67 bits per heavy atom. The standard InChI is InChI=1S/C23H30N2O2/c1-3-25(4-2)14-15-27-22-11-6-5-10-21(22)24-23(26)17-18-12-13-19-8-7-9-20(19)16-18/h5-6,10-13,16H,3-4,7-9,14-15,17H2,1-2H3,(H,24,26). The monoisotopic (exact) mass is 366 g/mol. The molecule has 4 heteroatoms. The van der Waals surface area contributed by atoms with Crippen LogP contribution < -0.4 is 10.1 Å². The Bertz CT molecular complexity index is 769. The molecule has 3 rings (SSSR count). The highest BCUT2D eigenvalue weighted by atomic mass is 16.5. The number of fused-ring (bicyclic) bond motifs is 1. The number of carbonyl (C=O) groups excluding carboxylic acids is 1. The number of rotatable bonds is 9. The van der Waals surface area contributed by atoms with E-state index in [-0.39, 0.29) is 5.91 Å². The molecule has 1 aliphatic carbocycles. The lowest BCUT2D eigenvalue weighted by Crippen LogP contribution is -2.28. The molecule has 0 fully saturated rings. The van der Waals surface area contributed by atoms with Gasteiger partial charge < -0.3 is 15.0 Å². The number of aryl methyl sites for hydroxylation is 2. The number of benzene rings is 2. The molecule has 0 aromatic heterocycles. The molecular weight excluding hydrogens is 336 g/mol. The second kappa shape index (κ2) is 9.56. The van der Waals surface area contributed by atoms with Gasteiger partial charge in [0.25, 0.3) is 0 Å². The highest BCUT2D eigenvalue weighted by Gasteiger charge is 2.13. The summed E-state index contributed by atoms with van der Waals surface area (Å²) in [4.78, 5) is 14.8. The van der Waals surface area contributed by atoms with Gasteiger partial charge in [-0.1, -0.05) is 44.2 Å². The van der Waals surface area contributed by atoms with Gasteiger partial charge in [0, 0.05) is 6.54 Å². The van der Waals surface area contributed by atoms with E-state index < -0.39 is 0 Å². The van der Waals surface area contributed by atoms with Crippen molar-refractivity contribution in [3.8, 4) is 5.75 Å². The van der Waals surface area contributed by atoms with Gasteiger partial charge in [-0.3, -0.25) is 4.79 Å². The van der Waals surface area contributed by atoms with Crippen molar-refractivity contribution in [1.29, 1.82) is 0 Å². The molecule has 2 aromatic rings. The molecule has 0 spiro atoms. The summed E-state index contributed by atoms with van der Waals surface area (Å²) in [5.41, 5.74) is 4.66. The lowest BCUT2D eigenvalue weighted by molar-refractivity contribution is -0.115. The van der Waals surface area contributed by atoms with Crippen LogP contribution in [0.15, 0.2) is 42.5 Å². The van der Waals surface area contributed by atoms with Gasteiger partial charge in [0.15, 0.2) is 0 Å². The molecule has 1 amide bonds. The Balaban J connectivity index is 1.57. The van der Waals surface area contributed by atoms with Crippen molar-refractivity contribution in [3.63, 3.8) is 0 Å². The summed E-state index contributed by atoms with van der Waals surface area (Å²) >= 11 is 0. The number of nitrogens with zero attached hydrogens (tertiary/aromatic N) is 1. The minimum absolute atomic E-state index is 0.00672. The minimum Gasteiger partial charge on any atom is -0.490 e. The first-order valence-corrected chi connectivity index (χ1v) is 10.0. The third-order valence-electron chi connectivity index (χ3n) is 5.25. The van der Waals surface area contributed by atoms with Crippen LogP contribution >= 0.6 is 0 Å². The van der Waals surface area contributed by atoms with Crippen molar-refractivity contribution < 1.29 is 9.53 Å². The van der Waals surface area contributed by atoms with Crippen LogP contribution in [0, 0.1) is 0 Å². The second-order valence-corrected chi connectivity index (χ2v) is 7.05. The summed E-state index contributed by atoms with van der Waals surface area (Å²) in [6.45, 7) is 7.81. The van der Waals surface area contributed by atoms with E-state index >= 15 is 0 Å². The topological polar surface area (TPSA) is 41.6 Å². The zero-order chi connectivity index (χ0) is 19.1. The SMILES string of the molecule is CCN(CC)CCOc1ccccc1NC(=O)Cc1ccc2c(c1)CCC2. The molecule has 0 bridgehead atoms. The number of carbonyl (C=O) groups is 1. The summed E-state index contributed by atoms with van der Waals surface area (Å²) in [6.07, 6.45) is 3.91. The van der Waals surface area contributed by atoms with Crippen molar-refractivity contribution in [2.24, 2.45) is 0 Å². The van der Waals surface area contributed by atoms with Gasteiger partial charge in [0.05, 0.1) is 12.1 Å². The Morgan fingerprint density at radius 1 is 1.07 bits per heavy atom. The molecule has 0 radical (unpaired) electrons. The molecule has 1 aliphatic rings. The second-order valence-electron chi connectivity index (χ2n) is 7.05. The Hall–Kier alpha value is -2.33. The van der Waals surface area contributed by atoms with E-state index in [4.69, 9.17) is 4.74 Å². The fourth-order valence-electron chi connectivity index (χ4n) is 3.64.